The minimum atomic E-state index is -3.10. The van der Waals surface area contributed by atoms with E-state index in [0.29, 0.717) is 32.6 Å². The van der Waals surface area contributed by atoms with E-state index in [1.165, 1.54) is 0 Å². The van der Waals surface area contributed by atoms with E-state index in [1.807, 2.05) is 24.3 Å². The molecule has 6 nitrogen and oxygen atoms in total. The van der Waals surface area contributed by atoms with Gasteiger partial charge in [0, 0.05) is 44.0 Å². The number of unbranched alkanes of at least 4 members (excludes halogenated alkanes) is 1. The summed E-state index contributed by atoms with van der Waals surface area (Å²) >= 11 is 0. The van der Waals surface area contributed by atoms with Gasteiger partial charge in [0.15, 0.2) is 0 Å². The van der Waals surface area contributed by atoms with E-state index >= 15 is 0 Å². The molecule has 1 fully saturated rings. The van der Waals surface area contributed by atoms with Crippen molar-refractivity contribution in [3.05, 3.63) is 24.3 Å². The summed E-state index contributed by atoms with van der Waals surface area (Å²) in [6, 6.07) is 7.74. The molecule has 1 amide bonds. The van der Waals surface area contributed by atoms with Crippen molar-refractivity contribution in [2.45, 2.75) is 33.1 Å². The smallest absolute Gasteiger partial charge is 0.224 e. The minimum Gasteiger partial charge on any atom is -0.369 e. The quantitative estimate of drug-likeness (QED) is 0.816. The second-order valence-electron chi connectivity index (χ2n) is 5.99. The molecule has 1 N–H and O–H groups in total. The molecule has 0 saturated carbocycles. The Balaban J connectivity index is 1.89. The number of piperazine rings is 1. The van der Waals surface area contributed by atoms with Gasteiger partial charge < -0.3 is 10.2 Å². The molecule has 1 heterocycles. The first kappa shape index (κ1) is 18.7. The molecule has 0 atom stereocenters. The maximum absolute atomic E-state index is 11.9. The average Bonchev–Trinajstić information content (AvgIpc) is 2.61. The van der Waals surface area contributed by atoms with Crippen LogP contribution in [0, 0.1) is 0 Å². The fraction of sp³-hybridized carbons (Fsp3) is 0.588. The van der Waals surface area contributed by atoms with Gasteiger partial charge in [-0.3, -0.25) is 4.79 Å². The number of nitrogens with one attached hydrogen (secondary N) is 1. The second-order valence-corrected chi connectivity index (χ2v) is 8.24. The molecule has 1 aromatic rings. The largest absolute Gasteiger partial charge is 0.369 e. The topological polar surface area (TPSA) is 69.7 Å². The summed E-state index contributed by atoms with van der Waals surface area (Å²) in [7, 11) is -3.10. The fourth-order valence-electron chi connectivity index (χ4n) is 2.72. The molecule has 7 heteroatoms. The van der Waals surface area contributed by atoms with E-state index in [1.54, 1.807) is 11.2 Å². The monoisotopic (exact) mass is 353 g/mol. The van der Waals surface area contributed by atoms with E-state index in [0.717, 1.165) is 24.2 Å². The molecule has 0 bridgehead atoms. The lowest BCUT2D eigenvalue weighted by molar-refractivity contribution is -0.116. The summed E-state index contributed by atoms with van der Waals surface area (Å²) in [4.78, 5) is 13.9. The lowest BCUT2D eigenvalue weighted by Gasteiger charge is -2.35. The SMILES string of the molecule is CCCCC(=O)Nc1ccc(N2CCN(S(=O)(=O)CC)CC2)cc1. The lowest BCUT2D eigenvalue weighted by Crippen LogP contribution is -2.49. The van der Waals surface area contributed by atoms with Gasteiger partial charge in [0.1, 0.15) is 0 Å². The molecule has 1 aliphatic heterocycles. The van der Waals surface area contributed by atoms with Crippen LogP contribution in [0.3, 0.4) is 0 Å². The molecular formula is C17H27N3O3S. The number of anilines is 2. The summed E-state index contributed by atoms with van der Waals surface area (Å²) in [5, 5.41) is 2.90. The standard InChI is InChI=1S/C17H27N3O3S/c1-3-5-6-17(21)18-15-7-9-16(10-8-15)19-11-13-20(14-12-19)24(22,23)4-2/h7-10H,3-6,11-14H2,1-2H3,(H,18,21). The van der Waals surface area contributed by atoms with Crippen molar-refractivity contribution in [3.8, 4) is 0 Å². The Bertz CT molecular complexity index is 636. The maximum Gasteiger partial charge on any atom is 0.224 e. The fourth-order valence-corrected chi connectivity index (χ4v) is 3.81. The van der Waals surface area contributed by atoms with E-state index in [9.17, 15) is 13.2 Å². The molecular weight excluding hydrogens is 326 g/mol. The van der Waals surface area contributed by atoms with Gasteiger partial charge >= 0.3 is 0 Å². The van der Waals surface area contributed by atoms with Crippen LogP contribution in [0.5, 0.6) is 0 Å². The van der Waals surface area contributed by atoms with Crippen LogP contribution in [0.25, 0.3) is 0 Å². The van der Waals surface area contributed by atoms with Crippen molar-refractivity contribution in [2.24, 2.45) is 0 Å². The highest BCUT2D eigenvalue weighted by molar-refractivity contribution is 7.89. The third kappa shape index (κ3) is 4.95. The number of amides is 1. The zero-order chi connectivity index (χ0) is 17.6. The van der Waals surface area contributed by atoms with Crippen LogP contribution in [-0.2, 0) is 14.8 Å². The normalized spacial score (nSPS) is 16.2. The predicted molar refractivity (Wildman–Crippen MR) is 97.8 cm³/mol. The van der Waals surface area contributed by atoms with Crippen LogP contribution in [0.1, 0.15) is 33.1 Å². The van der Waals surface area contributed by atoms with Gasteiger partial charge in [-0.2, -0.15) is 4.31 Å². The molecule has 134 valence electrons. The Morgan fingerprint density at radius 3 is 2.25 bits per heavy atom. The van der Waals surface area contributed by atoms with Crippen molar-refractivity contribution in [1.29, 1.82) is 0 Å². The maximum atomic E-state index is 11.9. The molecule has 2 rings (SSSR count). The first-order valence-corrected chi connectivity index (χ1v) is 10.2. The molecule has 1 aromatic carbocycles. The zero-order valence-corrected chi connectivity index (χ0v) is 15.3. The van der Waals surface area contributed by atoms with E-state index in [-0.39, 0.29) is 11.7 Å². The van der Waals surface area contributed by atoms with Gasteiger partial charge in [-0.05, 0) is 37.6 Å². The number of rotatable bonds is 7. The van der Waals surface area contributed by atoms with Gasteiger partial charge in [0.05, 0.1) is 5.75 Å². The number of sulfonamides is 1. The van der Waals surface area contributed by atoms with Crippen LogP contribution in [0.15, 0.2) is 24.3 Å². The Kier molecular flexibility index (Phi) is 6.62. The summed E-state index contributed by atoms with van der Waals surface area (Å²) < 4.78 is 25.3. The molecule has 0 radical (unpaired) electrons. The molecule has 0 unspecified atom stereocenters. The Morgan fingerprint density at radius 1 is 1.08 bits per heavy atom. The van der Waals surface area contributed by atoms with Gasteiger partial charge in [0.2, 0.25) is 15.9 Å². The van der Waals surface area contributed by atoms with E-state index in [4.69, 9.17) is 0 Å². The van der Waals surface area contributed by atoms with Crippen molar-refractivity contribution >= 4 is 27.3 Å². The molecule has 1 aliphatic rings. The molecule has 24 heavy (non-hydrogen) atoms. The van der Waals surface area contributed by atoms with Crippen LogP contribution >= 0.6 is 0 Å². The van der Waals surface area contributed by atoms with E-state index < -0.39 is 10.0 Å². The van der Waals surface area contributed by atoms with Gasteiger partial charge in [-0.15, -0.1) is 0 Å². The van der Waals surface area contributed by atoms with Crippen molar-refractivity contribution in [2.75, 3.05) is 42.1 Å². The summed E-state index contributed by atoms with van der Waals surface area (Å²) in [5.74, 6) is 0.197. The second kappa shape index (κ2) is 8.48. The number of hydrogen-bond acceptors (Lipinski definition) is 4. The highest BCUT2D eigenvalue weighted by atomic mass is 32.2. The number of carbonyl (C=O) groups is 1. The number of carbonyl (C=O) groups excluding carboxylic acids is 1. The van der Waals surface area contributed by atoms with Crippen LogP contribution in [0.4, 0.5) is 11.4 Å². The van der Waals surface area contributed by atoms with E-state index in [2.05, 4.69) is 17.1 Å². The first-order valence-electron chi connectivity index (χ1n) is 8.59. The zero-order valence-electron chi connectivity index (χ0n) is 14.5. The molecule has 1 saturated heterocycles. The number of hydrogen-bond donors (Lipinski definition) is 1. The number of benzene rings is 1. The Morgan fingerprint density at radius 2 is 1.71 bits per heavy atom. The third-order valence-electron chi connectivity index (χ3n) is 4.27. The minimum absolute atomic E-state index is 0.0444. The van der Waals surface area contributed by atoms with Gasteiger partial charge in [-0.1, -0.05) is 13.3 Å². The van der Waals surface area contributed by atoms with Gasteiger partial charge in [-0.25, -0.2) is 8.42 Å². The van der Waals surface area contributed by atoms with Crippen molar-refractivity contribution in [3.63, 3.8) is 0 Å². The molecule has 0 aliphatic carbocycles. The number of nitrogens with zero attached hydrogens (tertiary/aromatic N) is 2. The predicted octanol–water partition coefficient (Wildman–Crippen LogP) is 2.29. The van der Waals surface area contributed by atoms with Crippen LogP contribution in [0.2, 0.25) is 0 Å². The van der Waals surface area contributed by atoms with Crippen LogP contribution < -0.4 is 10.2 Å². The third-order valence-corrected chi connectivity index (χ3v) is 6.15. The summed E-state index contributed by atoms with van der Waals surface area (Å²) in [6.45, 7) is 6.14. The van der Waals surface area contributed by atoms with Crippen LogP contribution in [-0.4, -0.2) is 50.6 Å². The highest BCUT2D eigenvalue weighted by Gasteiger charge is 2.25. The summed E-state index contributed by atoms with van der Waals surface area (Å²) in [6.07, 6.45) is 2.45. The van der Waals surface area contributed by atoms with Crippen molar-refractivity contribution < 1.29 is 13.2 Å². The summed E-state index contributed by atoms with van der Waals surface area (Å²) in [5.41, 5.74) is 1.85. The van der Waals surface area contributed by atoms with Gasteiger partial charge in [0.25, 0.3) is 0 Å². The Labute approximate surface area is 144 Å². The molecule has 0 aromatic heterocycles. The average molecular weight is 353 g/mol. The molecule has 0 spiro atoms. The van der Waals surface area contributed by atoms with Crippen molar-refractivity contribution in [1.82, 2.24) is 4.31 Å². The first-order chi connectivity index (χ1) is 11.5. The Hall–Kier alpha value is -1.60. The highest BCUT2D eigenvalue weighted by Crippen LogP contribution is 2.20. The lowest BCUT2D eigenvalue weighted by atomic mass is 10.2.